The fourth-order valence-corrected chi connectivity index (χ4v) is 3.22. The summed E-state index contributed by atoms with van der Waals surface area (Å²) in [7, 11) is 2.97. The summed E-state index contributed by atoms with van der Waals surface area (Å²) in [6.07, 6.45) is -1.11. The number of amides is 1. The number of benzene rings is 2. The summed E-state index contributed by atoms with van der Waals surface area (Å²) >= 11 is 26.7. The number of methoxy groups -OCH3 is 2. The van der Waals surface area contributed by atoms with E-state index in [1.54, 1.807) is 12.1 Å². The number of halogens is 4. The fourth-order valence-electron chi connectivity index (χ4n) is 2.26. The predicted octanol–water partition coefficient (Wildman–Crippen LogP) is 4.88. The zero-order valence-electron chi connectivity index (χ0n) is 15.3. The summed E-state index contributed by atoms with van der Waals surface area (Å²) in [5, 5.41) is 8.53. The highest BCUT2D eigenvalue weighted by molar-refractivity contribution is 9.10. The normalized spacial score (nSPS) is 11.9. The minimum atomic E-state index is -1.88. The van der Waals surface area contributed by atoms with Gasteiger partial charge in [0.05, 0.1) is 14.2 Å². The quantitative estimate of drug-likeness (QED) is 0.275. The molecule has 0 spiro atoms. The van der Waals surface area contributed by atoms with Gasteiger partial charge in [0.25, 0.3) is 5.91 Å². The topological polar surface area (TPSA) is 71.6 Å². The van der Waals surface area contributed by atoms with Gasteiger partial charge in [0, 0.05) is 15.7 Å². The molecular weight excluding hydrogens is 525 g/mol. The highest BCUT2D eigenvalue weighted by Crippen LogP contribution is 2.30. The lowest BCUT2D eigenvalue weighted by Gasteiger charge is -2.28. The van der Waals surface area contributed by atoms with Crippen molar-refractivity contribution in [2.75, 3.05) is 19.5 Å². The van der Waals surface area contributed by atoms with E-state index < -0.39 is 15.9 Å². The van der Waals surface area contributed by atoms with Crippen molar-refractivity contribution in [3.63, 3.8) is 0 Å². The molecule has 0 bridgehead atoms. The maximum atomic E-state index is 12.7. The van der Waals surface area contributed by atoms with Gasteiger partial charge >= 0.3 is 0 Å². The Hall–Kier alpha value is -1.45. The molecule has 156 valence electrons. The number of rotatable bonds is 6. The van der Waals surface area contributed by atoms with E-state index in [2.05, 4.69) is 31.9 Å². The molecule has 6 nitrogen and oxygen atoms in total. The molecule has 0 aromatic heterocycles. The van der Waals surface area contributed by atoms with Gasteiger partial charge in [-0.2, -0.15) is 0 Å². The number of carbonyl (C=O) groups excluding carboxylic acids is 1. The second kappa shape index (κ2) is 10.5. The molecule has 1 atom stereocenters. The second-order valence-electron chi connectivity index (χ2n) is 5.63. The second-order valence-corrected chi connectivity index (χ2v) is 9.32. The minimum absolute atomic E-state index is 0.159. The van der Waals surface area contributed by atoms with Crippen molar-refractivity contribution in [2.24, 2.45) is 0 Å². The van der Waals surface area contributed by atoms with E-state index in [4.69, 9.17) is 56.5 Å². The lowest BCUT2D eigenvalue weighted by atomic mass is 10.2. The molecule has 0 aliphatic rings. The van der Waals surface area contributed by atoms with Gasteiger partial charge in [-0.3, -0.25) is 4.79 Å². The molecule has 2 rings (SSSR count). The first-order chi connectivity index (χ1) is 13.6. The largest absolute Gasteiger partial charge is 0.493 e. The highest BCUT2D eigenvalue weighted by atomic mass is 79.9. The Morgan fingerprint density at radius 2 is 1.76 bits per heavy atom. The van der Waals surface area contributed by atoms with Gasteiger partial charge in [-0.15, -0.1) is 0 Å². The molecule has 0 heterocycles. The molecule has 0 radical (unpaired) electrons. The number of ether oxygens (including phenoxy) is 2. The van der Waals surface area contributed by atoms with E-state index in [-0.39, 0.29) is 10.7 Å². The third-order valence-corrected chi connectivity index (χ3v) is 4.97. The van der Waals surface area contributed by atoms with Crippen LogP contribution in [-0.2, 0) is 0 Å². The number of anilines is 1. The number of carbonyl (C=O) groups is 1. The lowest BCUT2D eigenvalue weighted by Crippen LogP contribution is -2.56. The molecule has 0 saturated heterocycles. The van der Waals surface area contributed by atoms with E-state index in [0.29, 0.717) is 17.2 Å². The van der Waals surface area contributed by atoms with Crippen molar-refractivity contribution in [3.8, 4) is 11.5 Å². The van der Waals surface area contributed by atoms with Crippen molar-refractivity contribution in [3.05, 3.63) is 52.5 Å². The number of nitrogens with one attached hydrogen (secondary N) is 3. The zero-order valence-corrected chi connectivity index (χ0v) is 19.9. The Morgan fingerprint density at radius 3 is 2.34 bits per heavy atom. The smallest absolute Gasteiger partial charge is 0.253 e. The Labute approximate surface area is 197 Å². The van der Waals surface area contributed by atoms with Gasteiger partial charge in [-0.05, 0) is 48.6 Å². The van der Waals surface area contributed by atoms with E-state index in [1.807, 2.05) is 24.3 Å². The number of hydrogen-bond donors (Lipinski definition) is 3. The Balaban J connectivity index is 2.12. The average Bonchev–Trinajstić information content (AvgIpc) is 2.66. The van der Waals surface area contributed by atoms with Gasteiger partial charge < -0.3 is 25.4 Å². The predicted molar refractivity (Wildman–Crippen MR) is 125 cm³/mol. The summed E-state index contributed by atoms with van der Waals surface area (Å²) in [6.45, 7) is 0. The first-order valence-corrected chi connectivity index (χ1v) is 10.4. The van der Waals surface area contributed by atoms with Gasteiger partial charge in [-0.25, -0.2) is 0 Å². The van der Waals surface area contributed by atoms with Gasteiger partial charge in [0.15, 0.2) is 16.6 Å². The van der Waals surface area contributed by atoms with Crippen LogP contribution in [0, 0.1) is 0 Å². The summed E-state index contributed by atoms with van der Waals surface area (Å²) in [5.74, 6) is 0.380. The van der Waals surface area contributed by atoms with Gasteiger partial charge in [0.2, 0.25) is 3.79 Å². The van der Waals surface area contributed by atoms with Crippen LogP contribution in [-0.4, -0.2) is 35.2 Å². The first kappa shape index (κ1) is 23.8. The molecular formula is C18H17BrCl3N3O3S. The van der Waals surface area contributed by atoms with E-state index in [0.717, 1.165) is 4.47 Å². The Kier molecular flexibility index (Phi) is 8.66. The monoisotopic (exact) mass is 539 g/mol. The summed E-state index contributed by atoms with van der Waals surface area (Å²) in [6, 6.07) is 12.0. The van der Waals surface area contributed by atoms with E-state index in [9.17, 15) is 4.79 Å². The molecule has 0 aliphatic carbocycles. The minimum Gasteiger partial charge on any atom is -0.493 e. The zero-order chi connectivity index (χ0) is 21.6. The molecule has 2 aromatic carbocycles. The molecule has 11 heteroatoms. The van der Waals surface area contributed by atoms with Crippen LogP contribution in [0.15, 0.2) is 46.9 Å². The van der Waals surface area contributed by atoms with Crippen LogP contribution in [0.5, 0.6) is 11.5 Å². The average molecular weight is 542 g/mol. The van der Waals surface area contributed by atoms with Crippen LogP contribution in [0.2, 0.25) is 0 Å². The third kappa shape index (κ3) is 7.08. The molecule has 0 unspecified atom stereocenters. The van der Waals surface area contributed by atoms with Crippen LogP contribution in [0.4, 0.5) is 5.69 Å². The maximum absolute atomic E-state index is 12.7. The summed E-state index contributed by atoms with van der Waals surface area (Å²) in [5.41, 5.74) is 1.00. The van der Waals surface area contributed by atoms with Crippen molar-refractivity contribution < 1.29 is 14.3 Å². The number of thiocarbonyl (C=S) groups is 1. The van der Waals surface area contributed by atoms with E-state index >= 15 is 0 Å². The molecule has 0 aliphatic heterocycles. The molecule has 1 amide bonds. The number of alkyl halides is 3. The van der Waals surface area contributed by atoms with Crippen molar-refractivity contribution in [1.29, 1.82) is 0 Å². The maximum Gasteiger partial charge on any atom is 0.253 e. The van der Waals surface area contributed by atoms with Crippen LogP contribution in [0.3, 0.4) is 0 Å². The van der Waals surface area contributed by atoms with E-state index in [1.165, 1.54) is 20.3 Å². The van der Waals surface area contributed by atoms with Gasteiger partial charge in [-0.1, -0.05) is 56.8 Å². The highest BCUT2D eigenvalue weighted by Gasteiger charge is 2.35. The van der Waals surface area contributed by atoms with Crippen molar-refractivity contribution >= 4 is 79.7 Å². The SMILES string of the molecule is COc1ccc(C(=O)N[C@@H](NC(=S)Nc2cccc(Br)c2)C(Cl)(Cl)Cl)cc1OC. The molecule has 2 aromatic rings. The molecule has 0 fully saturated rings. The van der Waals surface area contributed by atoms with Crippen LogP contribution in [0.25, 0.3) is 0 Å². The van der Waals surface area contributed by atoms with Crippen molar-refractivity contribution in [1.82, 2.24) is 10.6 Å². The fraction of sp³-hybridized carbons (Fsp3) is 0.222. The molecule has 3 N–H and O–H groups in total. The standard InChI is InChI=1S/C18H17BrCl3N3O3S/c1-27-13-7-6-10(8-14(13)28-2)15(26)24-16(18(20,21)22)25-17(29)23-12-5-3-4-11(19)9-12/h3-9,16H,1-2H3,(H,24,26)(H2,23,25,29)/t16-/m0/s1. The Bertz CT molecular complexity index is 896. The van der Waals surface area contributed by atoms with Crippen LogP contribution >= 0.6 is 63.0 Å². The van der Waals surface area contributed by atoms with Crippen LogP contribution in [0.1, 0.15) is 10.4 Å². The Morgan fingerprint density at radius 1 is 1.07 bits per heavy atom. The summed E-state index contributed by atoms with van der Waals surface area (Å²) in [4.78, 5) is 12.7. The number of hydrogen-bond acceptors (Lipinski definition) is 4. The summed E-state index contributed by atoms with van der Waals surface area (Å²) < 4.78 is 9.36. The van der Waals surface area contributed by atoms with Crippen LogP contribution < -0.4 is 25.4 Å². The van der Waals surface area contributed by atoms with Crippen molar-refractivity contribution in [2.45, 2.75) is 9.96 Å². The first-order valence-electron chi connectivity index (χ1n) is 8.06. The molecule has 29 heavy (non-hydrogen) atoms. The van der Waals surface area contributed by atoms with Gasteiger partial charge in [0.1, 0.15) is 6.17 Å². The molecule has 0 saturated carbocycles. The lowest BCUT2D eigenvalue weighted by molar-refractivity contribution is 0.0934. The third-order valence-electron chi connectivity index (χ3n) is 3.61.